The Balaban J connectivity index is 1.48. The van der Waals surface area contributed by atoms with E-state index in [1.165, 1.54) is 0 Å². The molecular weight excluding hydrogens is 314 g/mol. The fourth-order valence-corrected chi connectivity index (χ4v) is 3.42. The number of aromatic nitrogens is 3. The molecule has 2 aromatic heterocycles. The largest absolute Gasteiger partial charge is 0.355 e. The Labute approximate surface area is 149 Å². The number of carbonyl (C=O) groups is 1. The average molecular weight is 341 g/mol. The first-order valence-corrected chi connectivity index (χ1v) is 9.12. The minimum atomic E-state index is -0.0241. The molecule has 1 saturated heterocycles. The zero-order chi connectivity index (χ0) is 17.5. The van der Waals surface area contributed by atoms with Crippen LogP contribution in [0, 0.1) is 6.92 Å². The van der Waals surface area contributed by atoms with Gasteiger partial charge < -0.3 is 9.88 Å². The Morgan fingerprint density at radius 1 is 1.36 bits per heavy atom. The van der Waals surface area contributed by atoms with Crippen molar-refractivity contribution in [3.63, 3.8) is 0 Å². The van der Waals surface area contributed by atoms with E-state index in [2.05, 4.69) is 30.8 Å². The smallest absolute Gasteiger partial charge is 0.237 e. The van der Waals surface area contributed by atoms with Gasteiger partial charge in [-0.05, 0) is 44.4 Å². The molecule has 0 bridgehead atoms. The van der Waals surface area contributed by atoms with Crippen molar-refractivity contribution in [2.75, 3.05) is 13.1 Å². The maximum absolute atomic E-state index is 12.6. The van der Waals surface area contributed by atoms with Gasteiger partial charge >= 0.3 is 0 Å². The Kier molecular flexibility index (Phi) is 6.17. The van der Waals surface area contributed by atoms with E-state index in [1.54, 1.807) is 6.20 Å². The van der Waals surface area contributed by atoms with Crippen LogP contribution in [0.25, 0.3) is 0 Å². The molecule has 0 spiro atoms. The van der Waals surface area contributed by atoms with Gasteiger partial charge in [-0.1, -0.05) is 12.5 Å². The molecule has 0 unspecified atom stereocenters. The molecular formula is C19H27N5O. The highest BCUT2D eigenvalue weighted by molar-refractivity contribution is 5.81. The summed E-state index contributed by atoms with van der Waals surface area (Å²) in [7, 11) is 0. The second-order valence-corrected chi connectivity index (χ2v) is 6.66. The molecule has 6 nitrogen and oxygen atoms in total. The SMILES string of the molecule is Cc1nccn1CCCNC(=O)[C@@H]1CCCCN1Cc1cccnc1. The summed E-state index contributed by atoms with van der Waals surface area (Å²) in [4.78, 5) is 23.3. The van der Waals surface area contributed by atoms with Crippen LogP contribution in [0.2, 0.25) is 0 Å². The van der Waals surface area contributed by atoms with Crippen LogP contribution in [-0.4, -0.2) is 44.5 Å². The molecule has 0 saturated carbocycles. The highest BCUT2D eigenvalue weighted by Crippen LogP contribution is 2.19. The van der Waals surface area contributed by atoms with Crippen molar-refractivity contribution in [1.82, 2.24) is 24.8 Å². The lowest BCUT2D eigenvalue weighted by atomic mass is 10.0. The summed E-state index contributed by atoms with van der Waals surface area (Å²) in [6.07, 6.45) is 11.6. The maximum atomic E-state index is 12.6. The van der Waals surface area contributed by atoms with Crippen molar-refractivity contribution in [1.29, 1.82) is 0 Å². The van der Waals surface area contributed by atoms with Crippen molar-refractivity contribution >= 4 is 5.91 Å². The van der Waals surface area contributed by atoms with Gasteiger partial charge in [0.2, 0.25) is 5.91 Å². The highest BCUT2D eigenvalue weighted by Gasteiger charge is 2.28. The summed E-state index contributed by atoms with van der Waals surface area (Å²) >= 11 is 0. The van der Waals surface area contributed by atoms with Gasteiger partial charge in [0.25, 0.3) is 0 Å². The minimum absolute atomic E-state index is 0.0241. The van der Waals surface area contributed by atoms with Crippen LogP contribution >= 0.6 is 0 Å². The van der Waals surface area contributed by atoms with Gasteiger partial charge in [-0.25, -0.2) is 4.98 Å². The van der Waals surface area contributed by atoms with Crippen LogP contribution in [0.5, 0.6) is 0 Å². The van der Waals surface area contributed by atoms with E-state index in [0.29, 0.717) is 6.54 Å². The van der Waals surface area contributed by atoms with E-state index in [9.17, 15) is 4.79 Å². The highest BCUT2D eigenvalue weighted by atomic mass is 16.2. The first kappa shape index (κ1) is 17.6. The molecule has 1 aliphatic rings. The van der Waals surface area contributed by atoms with Gasteiger partial charge in [-0.2, -0.15) is 0 Å². The number of hydrogen-bond donors (Lipinski definition) is 1. The molecule has 134 valence electrons. The third kappa shape index (κ3) is 4.89. The van der Waals surface area contributed by atoms with Gasteiger partial charge in [0.15, 0.2) is 0 Å². The summed E-state index contributed by atoms with van der Waals surface area (Å²) < 4.78 is 2.11. The van der Waals surface area contributed by atoms with Gasteiger partial charge in [0.1, 0.15) is 5.82 Å². The number of pyridine rings is 1. The standard InChI is InChI=1S/C19H27N5O/c1-16-21-10-13-23(16)12-5-9-22-19(25)18-7-2-3-11-24(18)15-17-6-4-8-20-14-17/h4,6,8,10,13-14,18H,2-3,5,7,9,11-12,15H2,1H3,(H,22,25)/t18-/m0/s1. The molecule has 0 aliphatic carbocycles. The lowest BCUT2D eigenvalue weighted by Gasteiger charge is -2.34. The number of carbonyl (C=O) groups excluding carboxylic acids is 1. The molecule has 1 fully saturated rings. The van der Waals surface area contributed by atoms with Crippen LogP contribution in [0.15, 0.2) is 36.9 Å². The molecule has 6 heteroatoms. The molecule has 1 N–H and O–H groups in total. The molecule has 25 heavy (non-hydrogen) atoms. The van der Waals surface area contributed by atoms with Gasteiger partial charge in [-0.15, -0.1) is 0 Å². The summed E-state index contributed by atoms with van der Waals surface area (Å²) in [5.74, 6) is 1.17. The average Bonchev–Trinajstić information content (AvgIpc) is 3.05. The predicted octanol–water partition coefficient (Wildman–Crippen LogP) is 2.15. The van der Waals surface area contributed by atoms with Gasteiger partial charge in [-0.3, -0.25) is 14.7 Å². The normalized spacial score (nSPS) is 18.2. The number of nitrogens with zero attached hydrogens (tertiary/aromatic N) is 4. The van der Waals surface area contributed by atoms with E-state index < -0.39 is 0 Å². The Morgan fingerprint density at radius 3 is 3.04 bits per heavy atom. The van der Waals surface area contributed by atoms with E-state index >= 15 is 0 Å². The van der Waals surface area contributed by atoms with Crippen LogP contribution in [0.1, 0.15) is 37.1 Å². The molecule has 1 atom stereocenters. The van der Waals surface area contributed by atoms with E-state index in [-0.39, 0.29) is 11.9 Å². The Morgan fingerprint density at radius 2 is 2.28 bits per heavy atom. The lowest BCUT2D eigenvalue weighted by molar-refractivity contribution is -0.127. The van der Waals surface area contributed by atoms with E-state index in [1.807, 2.05) is 31.6 Å². The number of likely N-dealkylation sites (tertiary alicyclic amines) is 1. The number of imidazole rings is 1. The predicted molar refractivity (Wildman–Crippen MR) is 96.9 cm³/mol. The number of amides is 1. The lowest BCUT2D eigenvalue weighted by Crippen LogP contribution is -2.49. The number of rotatable bonds is 7. The van der Waals surface area contributed by atoms with Crippen LogP contribution in [0.3, 0.4) is 0 Å². The zero-order valence-corrected chi connectivity index (χ0v) is 14.9. The van der Waals surface area contributed by atoms with Crippen molar-refractivity contribution in [2.45, 2.75) is 51.7 Å². The molecule has 3 heterocycles. The van der Waals surface area contributed by atoms with Crippen molar-refractivity contribution < 1.29 is 4.79 Å². The summed E-state index contributed by atoms with van der Waals surface area (Å²) in [5.41, 5.74) is 1.16. The number of hydrogen-bond acceptors (Lipinski definition) is 4. The first-order chi connectivity index (χ1) is 12.2. The van der Waals surface area contributed by atoms with Gasteiger partial charge in [0.05, 0.1) is 6.04 Å². The van der Waals surface area contributed by atoms with E-state index in [4.69, 9.17) is 0 Å². The fraction of sp³-hybridized carbons (Fsp3) is 0.526. The second-order valence-electron chi connectivity index (χ2n) is 6.66. The quantitative estimate of drug-likeness (QED) is 0.784. The summed E-state index contributed by atoms with van der Waals surface area (Å²) in [6, 6.07) is 4.00. The third-order valence-corrected chi connectivity index (χ3v) is 4.82. The molecule has 1 amide bonds. The monoisotopic (exact) mass is 341 g/mol. The van der Waals surface area contributed by atoms with E-state index in [0.717, 1.165) is 56.7 Å². The molecule has 1 aliphatic heterocycles. The molecule has 0 radical (unpaired) electrons. The third-order valence-electron chi connectivity index (χ3n) is 4.82. The molecule has 0 aromatic carbocycles. The topological polar surface area (TPSA) is 63.1 Å². The zero-order valence-electron chi connectivity index (χ0n) is 14.9. The Hall–Kier alpha value is -2.21. The first-order valence-electron chi connectivity index (χ1n) is 9.12. The number of aryl methyl sites for hydroxylation is 2. The second kappa shape index (κ2) is 8.76. The van der Waals surface area contributed by atoms with Crippen LogP contribution < -0.4 is 5.32 Å². The van der Waals surface area contributed by atoms with Gasteiger partial charge in [0, 0.05) is 44.4 Å². The van der Waals surface area contributed by atoms with Crippen LogP contribution in [0.4, 0.5) is 0 Å². The van der Waals surface area contributed by atoms with Crippen molar-refractivity contribution in [3.05, 3.63) is 48.3 Å². The fourth-order valence-electron chi connectivity index (χ4n) is 3.42. The number of piperidine rings is 1. The van der Waals surface area contributed by atoms with Crippen LogP contribution in [-0.2, 0) is 17.9 Å². The Bertz CT molecular complexity index is 669. The van der Waals surface area contributed by atoms with Crippen molar-refractivity contribution in [2.24, 2.45) is 0 Å². The molecule has 3 rings (SSSR count). The summed E-state index contributed by atoms with van der Waals surface area (Å²) in [5, 5.41) is 3.12. The minimum Gasteiger partial charge on any atom is -0.355 e. The number of nitrogens with one attached hydrogen (secondary N) is 1. The molecule has 2 aromatic rings. The summed E-state index contributed by atoms with van der Waals surface area (Å²) in [6.45, 7) is 5.35. The van der Waals surface area contributed by atoms with Crippen molar-refractivity contribution in [3.8, 4) is 0 Å². The maximum Gasteiger partial charge on any atom is 0.237 e.